The van der Waals surface area contributed by atoms with Crippen molar-refractivity contribution >= 4 is 51.4 Å². The molecule has 6 nitrogen and oxygen atoms in total. The summed E-state index contributed by atoms with van der Waals surface area (Å²) in [5, 5.41) is 7.12. The van der Waals surface area contributed by atoms with Crippen LogP contribution in [0.15, 0.2) is 42.7 Å². The second kappa shape index (κ2) is 9.68. The molecule has 4 rings (SSSR count). The molecule has 0 aliphatic heterocycles. The number of benzene rings is 1. The molecule has 0 fully saturated rings. The number of carbonyl (C=O) groups excluding carboxylic acids is 2. The molecule has 160 valence electrons. The average Bonchev–Trinajstić information content (AvgIpc) is 3.33. The van der Waals surface area contributed by atoms with Gasteiger partial charge in [0.05, 0.1) is 10.6 Å². The number of ether oxygens (including phenoxy) is 1. The lowest BCUT2D eigenvalue weighted by molar-refractivity contribution is -0.118. The third-order valence-corrected chi connectivity index (χ3v) is 6.57. The molecule has 0 spiro atoms. The lowest BCUT2D eigenvalue weighted by atomic mass is 10.1. The molecule has 9 heteroatoms. The summed E-state index contributed by atoms with van der Waals surface area (Å²) in [5.74, 6) is -0.211. The maximum atomic E-state index is 13.0. The van der Waals surface area contributed by atoms with Gasteiger partial charge in [-0.3, -0.25) is 14.6 Å². The number of halogens is 2. The van der Waals surface area contributed by atoms with E-state index in [2.05, 4.69) is 15.6 Å². The van der Waals surface area contributed by atoms with E-state index in [9.17, 15) is 9.59 Å². The molecular weight excluding hydrogens is 457 g/mol. The monoisotopic (exact) mass is 475 g/mol. The van der Waals surface area contributed by atoms with Crippen LogP contribution in [0.2, 0.25) is 10.0 Å². The van der Waals surface area contributed by atoms with E-state index in [1.54, 1.807) is 30.6 Å². The fourth-order valence-electron chi connectivity index (χ4n) is 3.40. The number of amides is 2. The second-order valence-electron chi connectivity index (χ2n) is 7.02. The van der Waals surface area contributed by atoms with Gasteiger partial charge < -0.3 is 15.4 Å². The summed E-state index contributed by atoms with van der Waals surface area (Å²) in [4.78, 5) is 30.7. The number of aryl methyl sites for hydroxylation is 1. The van der Waals surface area contributed by atoms with Crippen LogP contribution in [0.5, 0.6) is 5.75 Å². The average molecular weight is 476 g/mol. The third kappa shape index (κ3) is 5.18. The van der Waals surface area contributed by atoms with Gasteiger partial charge in [0, 0.05) is 28.8 Å². The quantitative estimate of drug-likeness (QED) is 0.509. The van der Waals surface area contributed by atoms with Crippen molar-refractivity contribution in [3.8, 4) is 5.75 Å². The second-order valence-corrected chi connectivity index (χ2v) is 8.97. The van der Waals surface area contributed by atoms with Crippen LogP contribution in [-0.4, -0.2) is 23.4 Å². The lowest BCUT2D eigenvalue weighted by Crippen LogP contribution is -2.26. The van der Waals surface area contributed by atoms with E-state index in [1.807, 2.05) is 12.1 Å². The number of carbonyl (C=O) groups is 2. The molecule has 1 aliphatic carbocycles. The van der Waals surface area contributed by atoms with Gasteiger partial charge in [0.25, 0.3) is 11.8 Å². The predicted octanol–water partition coefficient (Wildman–Crippen LogP) is 4.89. The highest BCUT2D eigenvalue weighted by atomic mass is 35.5. The Kier molecular flexibility index (Phi) is 6.75. The maximum Gasteiger partial charge on any atom is 0.262 e. The number of pyridine rings is 1. The minimum absolute atomic E-state index is 0.208. The van der Waals surface area contributed by atoms with E-state index < -0.39 is 0 Å². The molecular formula is C22H19Cl2N3O3S. The molecule has 0 atom stereocenters. The summed E-state index contributed by atoms with van der Waals surface area (Å²) in [6.45, 7) is 0.128. The van der Waals surface area contributed by atoms with Crippen molar-refractivity contribution in [2.24, 2.45) is 0 Å². The molecule has 2 heterocycles. The first-order valence-corrected chi connectivity index (χ1v) is 11.3. The number of nitrogens with one attached hydrogen (secondary N) is 2. The molecule has 1 aromatic carbocycles. The van der Waals surface area contributed by atoms with Gasteiger partial charge in [0.1, 0.15) is 10.8 Å². The fourth-order valence-corrected chi connectivity index (χ4v) is 5.17. The van der Waals surface area contributed by atoms with E-state index in [0.717, 1.165) is 35.3 Å². The highest BCUT2D eigenvalue weighted by Gasteiger charge is 2.27. The number of hydrogen-bond acceptors (Lipinski definition) is 5. The molecule has 2 N–H and O–H groups in total. The normalized spacial score (nSPS) is 12.3. The van der Waals surface area contributed by atoms with Gasteiger partial charge in [-0.05, 0) is 54.7 Å². The first-order chi connectivity index (χ1) is 15.0. The summed E-state index contributed by atoms with van der Waals surface area (Å²) in [5.41, 5.74) is 2.46. The zero-order valence-corrected chi connectivity index (χ0v) is 18.7. The molecule has 0 saturated heterocycles. The lowest BCUT2D eigenvalue weighted by Gasteiger charge is -2.11. The molecule has 31 heavy (non-hydrogen) atoms. The van der Waals surface area contributed by atoms with Crippen LogP contribution in [0, 0.1) is 0 Å². The molecule has 0 radical (unpaired) electrons. The minimum Gasteiger partial charge on any atom is -0.482 e. The van der Waals surface area contributed by atoms with Gasteiger partial charge in [-0.25, -0.2) is 0 Å². The summed E-state index contributed by atoms with van der Waals surface area (Å²) < 4.78 is 5.50. The van der Waals surface area contributed by atoms with Gasteiger partial charge in [-0.15, -0.1) is 11.3 Å². The predicted molar refractivity (Wildman–Crippen MR) is 122 cm³/mol. The van der Waals surface area contributed by atoms with Gasteiger partial charge >= 0.3 is 0 Å². The molecule has 0 unspecified atom stereocenters. The summed E-state index contributed by atoms with van der Waals surface area (Å²) in [7, 11) is 0. The highest BCUT2D eigenvalue weighted by molar-refractivity contribution is 7.17. The Morgan fingerprint density at radius 2 is 2.06 bits per heavy atom. The number of hydrogen-bond donors (Lipinski definition) is 2. The Labute approximate surface area is 193 Å². The van der Waals surface area contributed by atoms with Crippen molar-refractivity contribution in [2.75, 3.05) is 11.9 Å². The Balaban J connectivity index is 1.44. The van der Waals surface area contributed by atoms with Crippen LogP contribution in [-0.2, 0) is 24.2 Å². The SMILES string of the molecule is O=C(COc1ccc(Cl)cc1Cl)Nc1sc2c(c1C(=O)NCc1cccnc1)CCC2. The van der Waals surface area contributed by atoms with Crippen molar-refractivity contribution < 1.29 is 14.3 Å². The topological polar surface area (TPSA) is 80.3 Å². The van der Waals surface area contributed by atoms with Crippen molar-refractivity contribution in [3.63, 3.8) is 0 Å². The highest BCUT2D eigenvalue weighted by Crippen LogP contribution is 2.39. The summed E-state index contributed by atoms with van der Waals surface area (Å²) >= 11 is 13.4. The minimum atomic E-state index is -0.368. The van der Waals surface area contributed by atoms with Crippen LogP contribution in [0.1, 0.15) is 32.8 Å². The first-order valence-electron chi connectivity index (χ1n) is 9.70. The van der Waals surface area contributed by atoms with E-state index in [1.165, 1.54) is 11.3 Å². The number of nitrogens with zero attached hydrogens (tertiary/aromatic N) is 1. The van der Waals surface area contributed by atoms with Crippen molar-refractivity contribution in [2.45, 2.75) is 25.8 Å². The zero-order valence-electron chi connectivity index (χ0n) is 16.4. The molecule has 0 bridgehead atoms. The Morgan fingerprint density at radius 3 is 2.84 bits per heavy atom. The van der Waals surface area contributed by atoms with Crippen LogP contribution < -0.4 is 15.4 Å². The van der Waals surface area contributed by atoms with E-state index in [0.29, 0.717) is 32.9 Å². The van der Waals surface area contributed by atoms with Gasteiger partial charge in [0.15, 0.2) is 6.61 Å². The Hall–Kier alpha value is -2.61. The van der Waals surface area contributed by atoms with Crippen molar-refractivity contribution in [1.82, 2.24) is 10.3 Å². The van der Waals surface area contributed by atoms with Crippen LogP contribution in [0.3, 0.4) is 0 Å². The smallest absolute Gasteiger partial charge is 0.262 e. The van der Waals surface area contributed by atoms with E-state index in [4.69, 9.17) is 27.9 Å². The number of fused-ring (bicyclic) bond motifs is 1. The molecule has 2 aromatic heterocycles. The number of aromatic nitrogens is 1. The van der Waals surface area contributed by atoms with Crippen molar-refractivity contribution in [1.29, 1.82) is 0 Å². The fraction of sp³-hybridized carbons (Fsp3) is 0.227. The van der Waals surface area contributed by atoms with Gasteiger partial charge in [-0.2, -0.15) is 0 Å². The molecule has 3 aromatic rings. The Bertz CT molecular complexity index is 1120. The number of thiophene rings is 1. The standard InChI is InChI=1S/C22H19Cl2N3O3S/c23-14-6-7-17(16(24)9-14)30-12-19(28)27-22-20(15-4-1-5-18(15)31-22)21(29)26-11-13-3-2-8-25-10-13/h2-3,6-10H,1,4-5,11-12H2,(H,26,29)(H,27,28). The number of anilines is 1. The zero-order chi connectivity index (χ0) is 21.8. The van der Waals surface area contributed by atoms with Crippen LogP contribution in [0.4, 0.5) is 5.00 Å². The summed E-state index contributed by atoms with van der Waals surface area (Å²) in [6.07, 6.45) is 6.14. The third-order valence-electron chi connectivity index (χ3n) is 4.83. The van der Waals surface area contributed by atoms with Gasteiger partial charge in [0.2, 0.25) is 0 Å². The Morgan fingerprint density at radius 1 is 1.19 bits per heavy atom. The van der Waals surface area contributed by atoms with E-state index >= 15 is 0 Å². The molecule has 1 aliphatic rings. The van der Waals surface area contributed by atoms with Crippen LogP contribution in [0.25, 0.3) is 0 Å². The van der Waals surface area contributed by atoms with Crippen LogP contribution >= 0.6 is 34.5 Å². The largest absolute Gasteiger partial charge is 0.482 e. The van der Waals surface area contributed by atoms with E-state index in [-0.39, 0.29) is 18.4 Å². The molecule has 2 amide bonds. The maximum absolute atomic E-state index is 13.0. The summed E-state index contributed by atoms with van der Waals surface area (Å²) in [6, 6.07) is 8.50. The molecule has 0 saturated carbocycles. The van der Waals surface area contributed by atoms with Crippen molar-refractivity contribution in [3.05, 3.63) is 74.3 Å². The first kappa shape index (κ1) is 21.6. The number of rotatable bonds is 7. The van der Waals surface area contributed by atoms with Gasteiger partial charge in [-0.1, -0.05) is 29.3 Å².